The van der Waals surface area contributed by atoms with Crippen LogP contribution in [0.3, 0.4) is 0 Å². The van der Waals surface area contributed by atoms with Gasteiger partial charge in [-0.25, -0.2) is 0 Å². The molecule has 0 saturated carbocycles. The van der Waals surface area contributed by atoms with Crippen molar-refractivity contribution in [3.8, 4) is 0 Å². The Labute approximate surface area is 103 Å². The smallest absolute Gasteiger partial charge is 0.322 e. The van der Waals surface area contributed by atoms with Crippen molar-refractivity contribution in [1.29, 1.82) is 0 Å². The molecule has 1 fully saturated rings. The highest BCUT2D eigenvalue weighted by atomic mass is 32.2. The molecule has 1 aliphatic rings. The first-order valence-corrected chi connectivity index (χ1v) is 7.25. The van der Waals surface area contributed by atoms with Crippen molar-refractivity contribution in [2.45, 2.75) is 50.3 Å². The van der Waals surface area contributed by atoms with Gasteiger partial charge in [0.25, 0.3) is 0 Å². The topological polar surface area (TPSA) is 38.3 Å². The van der Waals surface area contributed by atoms with Crippen LogP contribution in [0, 0.1) is 0 Å². The summed E-state index contributed by atoms with van der Waals surface area (Å²) in [4.78, 5) is 11.5. The van der Waals surface area contributed by atoms with Crippen molar-refractivity contribution in [3.63, 3.8) is 0 Å². The van der Waals surface area contributed by atoms with E-state index >= 15 is 0 Å². The highest BCUT2D eigenvalue weighted by Crippen LogP contribution is 2.25. The van der Waals surface area contributed by atoms with Crippen molar-refractivity contribution in [2.75, 3.05) is 19.4 Å². The number of thioether (sulfide) groups is 1. The zero-order valence-electron chi connectivity index (χ0n) is 10.3. The molecule has 2 atom stereocenters. The van der Waals surface area contributed by atoms with E-state index in [4.69, 9.17) is 4.74 Å². The molecular formula is C12H23NO2S. The van der Waals surface area contributed by atoms with Gasteiger partial charge < -0.3 is 10.1 Å². The number of methoxy groups -OCH3 is 1. The lowest BCUT2D eigenvalue weighted by atomic mass is 10.1. The van der Waals surface area contributed by atoms with Crippen molar-refractivity contribution in [3.05, 3.63) is 0 Å². The molecular weight excluding hydrogens is 222 g/mol. The summed E-state index contributed by atoms with van der Waals surface area (Å²) in [6.45, 7) is 3.08. The van der Waals surface area contributed by atoms with E-state index in [1.165, 1.54) is 25.7 Å². The molecule has 1 N–H and O–H groups in total. The van der Waals surface area contributed by atoms with Crippen LogP contribution in [0.4, 0.5) is 0 Å². The second-order valence-electron chi connectivity index (χ2n) is 4.26. The highest BCUT2D eigenvalue weighted by molar-refractivity contribution is 8.00. The summed E-state index contributed by atoms with van der Waals surface area (Å²) in [5, 5.41) is 4.04. The van der Waals surface area contributed by atoms with Crippen LogP contribution in [0.1, 0.15) is 39.0 Å². The molecule has 0 aliphatic carbocycles. The molecule has 1 aliphatic heterocycles. The van der Waals surface area contributed by atoms with E-state index in [1.54, 1.807) is 0 Å². The Hall–Kier alpha value is -0.220. The van der Waals surface area contributed by atoms with Crippen molar-refractivity contribution in [1.82, 2.24) is 5.32 Å². The molecule has 1 heterocycles. The number of hydrogen-bond acceptors (Lipinski definition) is 4. The molecule has 3 nitrogen and oxygen atoms in total. The normalized spacial score (nSPS) is 22.0. The maximum atomic E-state index is 11.5. The second kappa shape index (κ2) is 7.96. The van der Waals surface area contributed by atoms with Gasteiger partial charge in [-0.2, -0.15) is 11.8 Å². The van der Waals surface area contributed by atoms with Gasteiger partial charge in [-0.05, 0) is 25.0 Å². The SMILES string of the molecule is CCCCC(NCC1CCCS1)C(=O)OC. The van der Waals surface area contributed by atoms with Gasteiger partial charge in [0, 0.05) is 11.8 Å². The molecule has 0 spiro atoms. The zero-order valence-corrected chi connectivity index (χ0v) is 11.1. The van der Waals surface area contributed by atoms with Crippen molar-refractivity contribution in [2.24, 2.45) is 0 Å². The van der Waals surface area contributed by atoms with Gasteiger partial charge in [-0.15, -0.1) is 0 Å². The minimum atomic E-state index is -0.114. The second-order valence-corrected chi connectivity index (χ2v) is 5.67. The zero-order chi connectivity index (χ0) is 11.8. The summed E-state index contributed by atoms with van der Waals surface area (Å²) in [5.41, 5.74) is 0. The number of nitrogens with one attached hydrogen (secondary N) is 1. The van der Waals surface area contributed by atoms with Gasteiger partial charge in [0.05, 0.1) is 7.11 Å². The molecule has 1 saturated heterocycles. The summed E-state index contributed by atoms with van der Waals surface area (Å²) in [7, 11) is 1.47. The van der Waals surface area contributed by atoms with Gasteiger partial charge in [-0.3, -0.25) is 4.79 Å². The maximum Gasteiger partial charge on any atom is 0.322 e. The average Bonchev–Trinajstić information content (AvgIpc) is 2.81. The minimum Gasteiger partial charge on any atom is -0.468 e. The molecule has 0 aromatic heterocycles. The number of ether oxygens (including phenoxy) is 1. The Kier molecular flexibility index (Phi) is 6.88. The number of rotatable bonds is 7. The molecule has 0 amide bonds. The van der Waals surface area contributed by atoms with Gasteiger partial charge in [0.1, 0.15) is 6.04 Å². The van der Waals surface area contributed by atoms with Crippen LogP contribution >= 0.6 is 11.8 Å². The van der Waals surface area contributed by atoms with Crippen LogP contribution < -0.4 is 5.32 Å². The van der Waals surface area contributed by atoms with E-state index in [1.807, 2.05) is 11.8 Å². The molecule has 0 aromatic carbocycles. The van der Waals surface area contributed by atoms with Crippen LogP contribution in [0.5, 0.6) is 0 Å². The molecule has 4 heteroatoms. The van der Waals surface area contributed by atoms with Crippen LogP contribution in [-0.4, -0.2) is 36.7 Å². The van der Waals surface area contributed by atoms with Gasteiger partial charge in [0.15, 0.2) is 0 Å². The van der Waals surface area contributed by atoms with Crippen LogP contribution in [0.2, 0.25) is 0 Å². The maximum absolute atomic E-state index is 11.5. The van der Waals surface area contributed by atoms with E-state index < -0.39 is 0 Å². The Bertz CT molecular complexity index is 205. The third kappa shape index (κ3) is 4.74. The summed E-state index contributed by atoms with van der Waals surface area (Å²) in [6, 6.07) is -0.105. The molecule has 16 heavy (non-hydrogen) atoms. The Morgan fingerprint density at radius 3 is 3.00 bits per heavy atom. The summed E-state index contributed by atoms with van der Waals surface area (Å²) in [6.07, 6.45) is 5.67. The molecule has 0 aromatic rings. The first-order valence-electron chi connectivity index (χ1n) is 6.20. The molecule has 1 rings (SSSR count). The predicted molar refractivity (Wildman–Crippen MR) is 68.8 cm³/mol. The fraction of sp³-hybridized carbons (Fsp3) is 0.917. The van der Waals surface area contributed by atoms with E-state index in [2.05, 4.69) is 12.2 Å². The van der Waals surface area contributed by atoms with Crippen LogP contribution in [0.15, 0.2) is 0 Å². The van der Waals surface area contributed by atoms with Crippen molar-refractivity contribution >= 4 is 17.7 Å². The number of carbonyl (C=O) groups excluding carboxylic acids is 1. The molecule has 0 bridgehead atoms. The van der Waals surface area contributed by atoms with E-state index in [0.29, 0.717) is 5.25 Å². The standard InChI is InChI=1S/C12H23NO2S/c1-3-4-7-11(12(14)15-2)13-9-10-6-5-8-16-10/h10-11,13H,3-9H2,1-2H3. The Morgan fingerprint density at radius 2 is 2.44 bits per heavy atom. The van der Waals surface area contributed by atoms with Gasteiger partial charge >= 0.3 is 5.97 Å². The monoisotopic (exact) mass is 245 g/mol. The highest BCUT2D eigenvalue weighted by Gasteiger charge is 2.21. The number of carbonyl (C=O) groups is 1. The Morgan fingerprint density at radius 1 is 1.62 bits per heavy atom. The summed E-state index contributed by atoms with van der Waals surface area (Å²) in [5.74, 6) is 1.15. The van der Waals surface area contributed by atoms with E-state index in [0.717, 1.165) is 25.8 Å². The fourth-order valence-electron chi connectivity index (χ4n) is 1.93. The molecule has 2 unspecified atom stereocenters. The third-order valence-electron chi connectivity index (χ3n) is 2.95. The number of unbranched alkanes of at least 4 members (excludes halogenated alkanes) is 1. The van der Waals surface area contributed by atoms with Gasteiger partial charge in [-0.1, -0.05) is 19.8 Å². The average molecular weight is 245 g/mol. The molecule has 0 radical (unpaired) electrons. The fourth-order valence-corrected chi connectivity index (χ4v) is 3.15. The van der Waals surface area contributed by atoms with Crippen LogP contribution in [0.25, 0.3) is 0 Å². The third-order valence-corrected chi connectivity index (χ3v) is 4.35. The predicted octanol–water partition coefficient (Wildman–Crippen LogP) is 2.20. The van der Waals surface area contributed by atoms with Gasteiger partial charge in [0.2, 0.25) is 0 Å². The van der Waals surface area contributed by atoms with E-state index in [-0.39, 0.29) is 12.0 Å². The molecule has 94 valence electrons. The lowest BCUT2D eigenvalue weighted by Crippen LogP contribution is -2.40. The van der Waals surface area contributed by atoms with Crippen molar-refractivity contribution < 1.29 is 9.53 Å². The first kappa shape index (κ1) is 13.8. The lowest BCUT2D eigenvalue weighted by molar-refractivity contribution is -0.143. The van der Waals surface area contributed by atoms with E-state index in [9.17, 15) is 4.79 Å². The lowest BCUT2D eigenvalue weighted by Gasteiger charge is -2.18. The summed E-state index contributed by atoms with van der Waals surface area (Å²) >= 11 is 2.01. The largest absolute Gasteiger partial charge is 0.468 e. The Balaban J connectivity index is 2.27. The quantitative estimate of drug-likeness (QED) is 0.698. The minimum absolute atomic E-state index is 0.105. The van der Waals surface area contributed by atoms with Crippen LogP contribution in [-0.2, 0) is 9.53 Å². The summed E-state index contributed by atoms with van der Waals surface area (Å²) < 4.78 is 4.82. The number of esters is 1. The number of hydrogen-bond donors (Lipinski definition) is 1. The first-order chi connectivity index (χ1) is 7.77.